The van der Waals surface area contributed by atoms with Crippen LogP contribution in [0.5, 0.6) is 0 Å². The molecule has 0 amide bonds. The summed E-state index contributed by atoms with van der Waals surface area (Å²) in [5.74, 6) is 0. The third-order valence-electron chi connectivity index (χ3n) is 1.68. The van der Waals surface area contributed by atoms with E-state index in [-0.39, 0.29) is 5.69 Å². The van der Waals surface area contributed by atoms with Gasteiger partial charge in [-0.05, 0) is 13.0 Å². The number of hydrogen-bond donors (Lipinski definition) is 1. The van der Waals surface area contributed by atoms with Crippen LogP contribution in [0.1, 0.15) is 6.92 Å². The van der Waals surface area contributed by atoms with Gasteiger partial charge in [0.2, 0.25) is 0 Å². The lowest BCUT2D eigenvalue weighted by Crippen LogP contribution is -2.04. The Balaban J connectivity index is 2.84. The lowest BCUT2D eigenvalue weighted by molar-refractivity contribution is -0.383. The van der Waals surface area contributed by atoms with E-state index in [9.17, 15) is 10.1 Å². The Labute approximate surface area is 82.4 Å². The van der Waals surface area contributed by atoms with E-state index in [1.54, 1.807) is 18.2 Å². The average Bonchev–Trinajstić information content (AvgIpc) is 2.15. The maximum Gasteiger partial charge on any atom is 0.292 e. The topological polar surface area (TPSA) is 55.2 Å². The highest BCUT2D eigenvalue weighted by Gasteiger charge is 2.10. The summed E-state index contributed by atoms with van der Waals surface area (Å²) in [6.45, 7) is 6.12. The first-order valence-corrected chi connectivity index (χ1v) is 4.23. The molecule has 4 heteroatoms. The Morgan fingerprint density at radius 3 is 2.79 bits per heavy atom. The molecule has 0 heterocycles. The predicted octanol–water partition coefficient (Wildman–Crippen LogP) is 2.58. The summed E-state index contributed by atoms with van der Waals surface area (Å²) in [6.07, 6.45) is 0. The molecule has 0 saturated carbocycles. The molecule has 4 nitrogen and oxygen atoms in total. The van der Waals surface area contributed by atoms with Crippen LogP contribution in [0.25, 0.3) is 0 Å². The van der Waals surface area contributed by atoms with Gasteiger partial charge in [0.1, 0.15) is 5.69 Å². The number of nitrogens with zero attached hydrogens (tertiary/aromatic N) is 1. The molecule has 1 aromatic rings. The Kier molecular flexibility index (Phi) is 3.23. The third kappa shape index (κ3) is 2.58. The van der Waals surface area contributed by atoms with Crippen molar-refractivity contribution in [3.05, 3.63) is 46.5 Å². The molecular weight excluding hydrogens is 180 g/mol. The fraction of sp³-hybridized carbons (Fsp3) is 0.200. The van der Waals surface area contributed by atoms with E-state index in [0.29, 0.717) is 12.2 Å². The van der Waals surface area contributed by atoms with Crippen LogP contribution in [0.2, 0.25) is 0 Å². The average molecular weight is 192 g/mol. The van der Waals surface area contributed by atoms with Gasteiger partial charge in [0, 0.05) is 12.6 Å². The largest absolute Gasteiger partial charge is 0.376 e. The zero-order valence-electron chi connectivity index (χ0n) is 7.99. The summed E-state index contributed by atoms with van der Waals surface area (Å²) in [5.41, 5.74) is 1.55. The number of benzene rings is 1. The smallest absolute Gasteiger partial charge is 0.292 e. The minimum Gasteiger partial charge on any atom is -0.376 e. The molecule has 0 spiro atoms. The molecule has 0 saturated heterocycles. The summed E-state index contributed by atoms with van der Waals surface area (Å²) in [6, 6.07) is 6.56. The fourth-order valence-corrected chi connectivity index (χ4v) is 1.03. The number of nitro benzene ring substituents is 1. The number of nitrogens with one attached hydrogen (secondary N) is 1. The minimum absolute atomic E-state index is 0.0914. The van der Waals surface area contributed by atoms with Gasteiger partial charge in [0.15, 0.2) is 0 Å². The van der Waals surface area contributed by atoms with Crippen LogP contribution in [0, 0.1) is 10.1 Å². The zero-order chi connectivity index (χ0) is 10.6. The Morgan fingerprint density at radius 2 is 2.21 bits per heavy atom. The highest BCUT2D eigenvalue weighted by Crippen LogP contribution is 2.22. The van der Waals surface area contributed by atoms with E-state index in [0.717, 1.165) is 5.57 Å². The van der Waals surface area contributed by atoms with Crippen LogP contribution in [0.4, 0.5) is 11.4 Å². The zero-order valence-corrected chi connectivity index (χ0v) is 7.99. The first-order chi connectivity index (χ1) is 6.61. The molecule has 1 rings (SSSR count). The first kappa shape index (κ1) is 10.2. The van der Waals surface area contributed by atoms with Crippen LogP contribution in [-0.2, 0) is 0 Å². The molecule has 0 bridgehead atoms. The molecule has 0 aliphatic carbocycles. The quantitative estimate of drug-likeness (QED) is 0.453. The normalized spacial score (nSPS) is 9.50. The van der Waals surface area contributed by atoms with Crippen LogP contribution in [0.15, 0.2) is 36.4 Å². The van der Waals surface area contributed by atoms with Gasteiger partial charge in [-0.3, -0.25) is 10.1 Å². The highest BCUT2D eigenvalue weighted by molar-refractivity contribution is 5.61. The van der Waals surface area contributed by atoms with Crippen LogP contribution in [0.3, 0.4) is 0 Å². The predicted molar refractivity (Wildman–Crippen MR) is 56.4 cm³/mol. The molecule has 1 aromatic carbocycles. The summed E-state index contributed by atoms with van der Waals surface area (Å²) >= 11 is 0. The molecule has 74 valence electrons. The maximum absolute atomic E-state index is 10.6. The van der Waals surface area contributed by atoms with Crippen LogP contribution < -0.4 is 5.32 Å². The van der Waals surface area contributed by atoms with Crippen molar-refractivity contribution < 1.29 is 4.92 Å². The van der Waals surface area contributed by atoms with Crippen molar-refractivity contribution >= 4 is 11.4 Å². The molecule has 0 aliphatic rings. The summed E-state index contributed by atoms with van der Waals surface area (Å²) in [7, 11) is 0. The van der Waals surface area contributed by atoms with Gasteiger partial charge in [0.05, 0.1) is 4.92 Å². The number of nitro groups is 1. The van der Waals surface area contributed by atoms with Crippen molar-refractivity contribution in [2.45, 2.75) is 6.92 Å². The molecule has 1 N–H and O–H groups in total. The summed E-state index contributed by atoms with van der Waals surface area (Å²) in [5, 5.41) is 13.6. The molecular formula is C10H12N2O2. The molecule has 0 atom stereocenters. The molecule has 0 aliphatic heterocycles. The Morgan fingerprint density at radius 1 is 1.57 bits per heavy atom. The van der Waals surface area contributed by atoms with Gasteiger partial charge in [-0.25, -0.2) is 0 Å². The Hall–Kier alpha value is -1.84. The molecule has 0 fully saturated rings. The monoisotopic (exact) mass is 192 g/mol. The van der Waals surface area contributed by atoms with Crippen molar-refractivity contribution in [2.24, 2.45) is 0 Å². The van der Waals surface area contributed by atoms with E-state index in [1.165, 1.54) is 6.07 Å². The first-order valence-electron chi connectivity index (χ1n) is 4.23. The minimum atomic E-state index is -0.402. The van der Waals surface area contributed by atoms with Gasteiger partial charge >= 0.3 is 0 Å². The standard InChI is InChI=1S/C10H12N2O2/c1-8(2)7-11-9-5-3-4-6-10(9)12(13)14/h3-6,11H,1,7H2,2H3. The summed E-state index contributed by atoms with van der Waals surface area (Å²) in [4.78, 5) is 10.2. The van der Waals surface area contributed by atoms with E-state index in [4.69, 9.17) is 0 Å². The number of rotatable bonds is 4. The highest BCUT2D eigenvalue weighted by atomic mass is 16.6. The van der Waals surface area contributed by atoms with Crippen molar-refractivity contribution in [1.29, 1.82) is 0 Å². The van der Waals surface area contributed by atoms with Gasteiger partial charge in [0.25, 0.3) is 5.69 Å². The lowest BCUT2D eigenvalue weighted by atomic mass is 10.2. The second-order valence-corrected chi connectivity index (χ2v) is 3.08. The van der Waals surface area contributed by atoms with E-state index < -0.39 is 4.92 Å². The van der Waals surface area contributed by atoms with Gasteiger partial charge in [-0.15, -0.1) is 0 Å². The second-order valence-electron chi connectivity index (χ2n) is 3.08. The third-order valence-corrected chi connectivity index (χ3v) is 1.68. The molecule has 0 radical (unpaired) electrons. The van der Waals surface area contributed by atoms with Crippen molar-refractivity contribution in [3.63, 3.8) is 0 Å². The van der Waals surface area contributed by atoms with Crippen molar-refractivity contribution in [2.75, 3.05) is 11.9 Å². The van der Waals surface area contributed by atoms with Crippen molar-refractivity contribution in [3.8, 4) is 0 Å². The Bertz CT molecular complexity index is 361. The van der Waals surface area contributed by atoms with Crippen molar-refractivity contribution in [1.82, 2.24) is 0 Å². The van der Waals surface area contributed by atoms with Crippen LogP contribution >= 0.6 is 0 Å². The summed E-state index contributed by atoms with van der Waals surface area (Å²) < 4.78 is 0. The van der Waals surface area contributed by atoms with Crippen LogP contribution in [-0.4, -0.2) is 11.5 Å². The second kappa shape index (κ2) is 4.41. The number of hydrogen-bond acceptors (Lipinski definition) is 3. The molecule has 14 heavy (non-hydrogen) atoms. The van der Waals surface area contributed by atoms with E-state index in [2.05, 4.69) is 11.9 Å². The fourth-order valence-electron chi connectivity index (χ4n) is 1.03. The number of para-hydroxylation sites is 2. The lowest BCUT2D eigenvalue weighted by Gasteiger charge is -2.05. The maximum atomic E-state index is 10.6. The van der Waals surface area contributed by atoms with E-state index in [1.807, 2.05) is 6.92 Å². The molecule has 0 aromatic heterocycles. The van der Waals surface area contributed by atoms with Gasteiger partial charge in [-0.1, -0.05) is 24.3 Å². The molecule has 0 unspecified atom stereocenters. The van der Waals surface area contributed by atoms with E-state index >= 15 is 0 Å². The van der Waals surface area contributed by atoms with Gasteiger partial charge < -0.3 is 5.32 Å². The number of anilines is 1. The SMILES string of the molecule is C=C(C)CNc1ccccc1[N+](=O)[O-]. The van der Waals surface area contributed by atoms with Gasteiger partial charge in [-0.2, -0.15) is 0 Å².